The molecule has 7 nitrogen and oxygen atoms in total. The molecule has 3 aromatic rings. The van der Waals surface area contributed by atoms with Crippen LogP contribution in [0, 0.1) is 0 Å². The van der Waals surface area contributed by atoms with Crippen molar-refractivity contribution in [2.75, 3.05) is 0 Å². The van der Waals surface area contributed by atoms with Gasteiger partial charge in [0.2, 0.25) is 0 Å². The van der Waals surface area contributed by atoms with Gasteiger partial charge in [0.15, 0.2) is 5.56 Å². The molecule has 0 saturated heterocycles. The number of nitrogens with one attached hydrogen (secondary N) is 1. The van der Waals surface area contributed by atoms with Gasteiger partial charge in [0.1, 0.15) is 17.1 Å². The second kappa shape index (κ2) is 5.03. The van der Waals surface area contributed by atoms with Crippen LogP contribution in [0.4, 0.5) is 0 Å². The summed E-state index contributed by atoms with van der Waals surface area (Å²) in [6.45, 7) is 1.76. The van der Waals surface area contributed by atoms with Crippen LogP contribution in [0.5, 0.6) is 5.75 Å². The Kier molecular flexibility index (Phi) is 3.17. The molecule has 0 fully saturated rings. The van der Waals surface area contributed by atoms with Crippen LogP contribution in [0.3, 0.4) is 0 Å². The van der Waals surface area contributed by atoms with Crippen molar-refractivity contribution in [1.29, 1.82) is 0 Å². The Balaban J connectivity index is 2.31. The molecular formula is C15H13N3O4. The van der Waals surface area contributed by atoms with Crippen LogP contribution >= 0.6 is 0 Å². The van der Waals surface area contributed by atoms with Gasteiger partial charge in [0.25, 0.3) is 5.56 Å². The van der Waals surface area contributed by atoms with E-state index < -0.39 is 22.8 Å². The number of pyridine rings is 2. The highest BCUT2D eigenvalue weighted by Gasteiger charge is 2.22. The third-order valence-corrected chi connectivity index (χ3v) is 3.48. The van der Waals surface area contributed by atoms with Crippen molar-refractivity contribution in [2.24, 2.45) is 0 Å². The highest BCUT2D eigenvalue weighted by Crippen LogP contribution is 2.29. The number of rotatable bonds is 3. The molecule has 0 spiro atoms. The zero-order chi connectivity index (χ0) is 15.9. The highest BCUT2D eigenvalue weighted by molar-refractivity contribution is 5.91. The molecule has 7 heteroatoms. The van der Waals surface area contributed by atoms with E-state index in [0.717, 1.165) is 0 Å². The van der Waals surface area contributed by atoms with Crippen molar-refractivity contribution in [3.8, 4) is 17.1 Å². The van der Waals surface area contributed by atoms with E-state index in [0.29, 0.717) is 29.0 Å². The van der Waals surface area contributed by atoms with Gasteiger partial charge in [0, 0.05) is 18.0 Å². The molecule has 0 aliphatic carbocycles. The molecule has 0 amide bonds. The first-order chi connectivity index (χ1) is 10.5. The lowest BCUT2D eigenvalue weighted by Gasteiger charge is -2.09. The Morgan fingerprint density at radius 3 is 2.82 bits per heavy atom. The number of aromatic amines is 1. The summed E-state index contributed by atoms with van der Waals surface area (Å²) in [6.07, 6.45) is 3.87. The average Bonchev–Trinajstić information content (AvgIpc) is 2.90. The molecule has 0 saturated carbocycles. The van der Waals surface area contributed by atoms with Crippen LogP contribution in [0.25, 0.3) is 17.0 Å². The summed E-state index contributed by atoms with van der Waals surface area (Å²) in [5.41, 5.74) is 0.326. The maximum Gasteiger partial charge on any atom is 0.345 e. The first-order valence-corrected chi connectivity index (χ1v) is 6.68. The topological polar surface area (TPSA) is 108 Å². The van der Waals surface area contributed by atoms with Crippen molar-refractivity contribution in [3.05, 3.63) is 52.1 Å². The number of carboxylic acids is 1. The van der Waals surface area contributed by atoms with E-state index in [1.165, 1.54) is 0 Å². The number of carboxylic acid groups (broad SMARTS) is 1. The summed E-state index contributed by atoms with van der Waals surface area (Å²) in [5, 5.41) is 19.2. The molecule has 0 aliphatic heterocycles. The van der Waals surface area contributed by atoms with Gasteiger partial charge in [-0.25, -0.2) is 9.78 Å². The third-order valence-electron chi connectivity index (χ3n) is 3.48. The number of aromatic hydroxyl groups is 1. The molecule has 3 aromatic heterocycles. The van der Waals surface area contributed by atoms with Gasteiger partial charge in [-0.15, -0.1) is 0 Å². The van der Waals surface area contributed by atoms with Crippen LogP contribution in [0.1, 0.15) is 22.8 Å². The normalized spacial score (nSPS) is 11.0. The largest absolute Gasteiger partial charge is 0.506 e. The fourth-order valence-corrected chi connectivity index (χ4v) is 2.44. The molecule has 0 aromatic carbocycles. The van der Waals surface area contributed by atoms with E-state index in [-0.39, 0.29) is 0 Å². The number of hydrogen-bond donors (Lipinski definition) is 3. The average molecular weight is 299 g/mol. The number of hydrogen-bond acceptors (Lipinski definition) is 4. The number of imidazole rings is 1. The van der Waals surface area contributed by atoms with Gasteiger partial charge in [-0.3, -0.25) is 4.79 Å². The summed E-state index contributed by atoms with van der Waals surface area (Å²) in [6, 6.07) is 5.48. The lowest BCUT2D eigenvalue weighted by molar-refractivity contribution is 0.0691. The minimum absolute atomic E-state index is 0.332. The number of fused-ring (bicyclic) bond motifs is 1. The number of aromatic nitrogens is 3. The number of carbonyl (C=O) groups is 1. The molecular weight excluding hydrogens is 286 g/mol. The summed E-state index contributed by atoms with van der Waals surface area (Å²) < 4.78 is 1.77. The Hall–Kier alpha value is -3.09. The van der Waals surface area contributed by atoms with Gasteiger partial charge in [0.05, 0.1) is 5.69 Å². The summed E-state index contributed by atoms with van der Waals surface area (Å²) in [4.78, 5) is 29.9. The predicted octanol–water partition coefficient (Wildman–Crippen LogP) is 1.66. The highest BCUT2D eigenvalue weighted by atomic mass is 16.4. The fraction of sp³-hybridized carbons (Fsp3) is 0.133. The molecule has 112 valence electrons. The van der Waals surface area contributed by atoms with Gasteiger partial charge >= 0.3 is 5.97 Å². The monoisotopic (exact) mass is 299 g/mol. The van der Waals surface area contributed by atoms with Crippen LogP contribution in [0.2, 0.25) is 0 Å². The van der Waals surface area contributed by atoms with E-state index in [1.807, 2.05) is 12.1 Å². The lowest BCUT2D eigenvalue weighted by Crippen LogP contribution is -2.20. The van der Waals surface area contributed by atoms with E-state index in [1.54, 1.807) is 29.8 Å². The molecule has 22 heavy (non-hydrogen) atoms. The minimum Gasteiger partial charge on any atom is -0.506 e. The first kappa shape index (κ1) is 13.9. The van der Waals surface area contributed by atoms with E-state index in [4.69, 9.17) is 5.11 Å². The van der Waals surface area contributed by atoms with Gasteiger partial charge in [-0.05, 0) is 18.6 Å². The summed E-state index contributed by atoms with van der Waals surface area (Å²) >= 11 is 0. The van der Waals surface area contributed by atoms with Crippen LogP contribution in [0.15, 0.2) is 35.4 Å². The molecule has 0 aliphatic rings. The zero-order valence-electron chi connectivity index (χ0n) is 11.7. The van der Waals surface area contributed by atoms with Crippen molar-refractivity contribution >= 4 is 11.6 Å². The molecule has 0 atom stereocenters. The maximum atomic E-state index is 11.9. The number of nitrogens with zero attached hydrogens (tertiary/aromatic N) is 2. The Labute approximate surface area is 124 Å². The molecule has 0 bridgehead atoms. The zero-order valence-corrected chi connectivity index (χ0v) is 11.7. The quantitative estimate of drug-likeness (QED) is 0.681. The predicted molar refractivity (Wildman–Crippen MR) is 79.3 cm³/mol. The fourth-order valence-electron chi connectivity index (χ4n) is 2.44. The van der Waals surface area contributed by atoms with Gasteiger partial charge in [-0.1, -0.05) is 13.0 Å². The molecule has 3 rings (SSSR count). The first-order valence-electron chi connectivity index (χ1n) is 6.68. The van der Waals surface area contributed by atoms with Crippen molar-refractivity contribution < 1.29 is 15.0 Å². The summed E-state index contributed by atoms with van der Waals surface area (Å²) in [5.74, 6) is -1.97. The van der Waals surface area contributed by atoms with E-state index in [9.17, 15) is 14.7 Å². The standard InChI is InChI=1S/C15H13N3O4/c1-2-8-12(17-14(20)11(13(8)19)15(21)22)9-7-18-6-4-3-5-10(18)16-9/h3-7H,2H2,1H3,(H,21,22)(H2,17,19,20). The number of aromatic carboxylic acids is 1. The van der Waals surface area contributed by atoms with Crippen LogP contribution < -0.4 is 5.56 Å². The van der Waals surface area contributed by atoms with Gasteiger partial charge < -0.3 is 19.6 Å². The Bertz CT molecular complexity index is 907. The Morgan fingerprint density at radius 2 is 2.18 bits per heavy atom. The molecule has 3 N–H and O–H groups in total. The third kappa shape index (κ3) is 2.03. The SMILES string of the molecule is CCc1c(-c2cn3ccccc3n2)[nH]c(=O)c(C(=O)O)c1O. The lowest BCUT2D eigenvalue weighted by atomic mass is 10.0. The Morgan fingerprint density at radius 1 is 1.41 bits per heavy atom. The molecule has 0 unspecified atom stereocenters. The van der Waals surface area contributed by atoms with Crippen LogP contribution in [-0.4, -0.2) is 30.6 Å². The minimum atomic E-state index is -1.46. The van der Waals surface area contributed by atoms with E-state index in [2.05, 4.69) is 9.97 Å². The molecule has 3 heterocycles. The van der Waals surface area contributed by atoms with Crippen LogP contribution in [-0.2, 0) is 6.42 Å². The smallest absolute Gasteiger partial charge is 0.345 e. The second-order valence-electron chi connectivity index (χ2n) is 4.78. The van der Waals surface area contributed by atoms with E-state index >= 15 is 0 Å². The summed E-state index contributed by atoms with van der Waals surface area (Å²) in [7, 11) is 0. The maximum absolute atomic E-state index is 11.9. The second-order valence-corrected chi connectivity index (χ2v) is 4.78. The molecule has 0 radical (unpaired) electrons. The van der Waals surface area contributed by atoms with Crippen molar-refractivity contribution in [3.63, 3.8) is 0 Å². The van der Waals surface area contributed by atoms with Crippen molar-refractivity contribution in [1.82, 2.24) is 14.4 Å². The number of H-pyrrole nitrogens is 1. The van der Waals surface area contributed by atoms with Gasteiger partial charge in [-0.2, -0.15) is 0 Å². The van der Waals surface area contributed by atoms with Crippen molar-refractivity contribution in [2.45, 2.75) is 13.3 Å².